The number of aromatic hydroxyl groups is 1. The molecule has 0 spiro atoms. The maximum atomic E-state index is 13.9. The second-order valence-corrected chi connectivity index (χ2v) is 13.5. The standard InChI is InChI=1S/C37H52N2O2/c1-9-11-15-27(10-2)26-39(31-21-19-30(20-22-31)38-29-16-13-12-14-17-29)34(40)23-18-28-24-32(36(3,4)5)35(41)33(25-28)37(6,7)8/h12-14,16-17,19-22,24-25,27,38,41H,9-11,15,18,23,26H2,1-8H3. The van der Waals surface area contributed by atoms with Gasteiger partial charge in [0.1, 0.15) is 5.75 Å². The third kappa shape index (κ3) is 9.11. The molecule has 1 amide bonds. The summed E-state index contributed by atoms with van der Waals surface area (Å²) in [5, 5.41) is 14.6. The van der Waals surface area contributed by atoms with Crippen LogP contribution in [0.4, 0.5) is 17.1 Å². The van der Waals surface area contributed by atoms with Crippen molar-refractivity contribution in [1.29, 1.82) is 0 Å². The number of aryl methyl sites for hydroxylation is 1. The molecule has 0 fully saturated rings. The fourth-order valence-corrected chi connectivity index (χ4v) is 5.31. The minimum Gasteiger partial charge on any atom is -0.507 e. The highest BCUT2D eigenvalue weighted by Gasteiger charge is 2.27. The molecule has 1 unspecified atom stereocenters. The van der Waals surface area contributed by atoms with Gasteiger partial charge in [-0.1, -0.05) is 105 Å². The highest BCUT2D eigenvalue weighted by atomic mass is 16.3. The van der Waals surface area contributed by atoms with Crippen molar-refractivity contribution < 1.29 is 9.90 Å². The van der Waals surface area contributed by atoms with E-state index in [1.54, 1.807) is 0 Å². The van der Waals surface area contributed by atoms with Crippen LogP contribution in [-0.4, -0.2) is 17.6 Å². The van der Waals surface area contributed by atoms with E-state index in [0.29, 0.717) is 24.5 Å². The van der Waals surface area contributed by atoms with Gasteiger partial charge < -0.3 is 15.3 Å². The first kappa shape index (κ1) is 32.2. The Bertz CT molecular complexity index is 1220. The van der Waals surface area contributed by atoms with Crippen LogP contribution in [0.1, 0.15) is 104 Å². The molecule has 41 heavy (non-hydrogen) atoms. The Kier molecular flexibility index (Phi) is 11.1. The SMILES string of the molecule is CCCCC(CC)CN(C(=O)CCc1cc(C(C)(C)C)c(O)c(C(C)(C)C)c1)c1ccc(Nc2ccccc2)cc1. The third-order valence-electron chi connectivity index (χ3n) is 7.94. The predicted molar refractivity (Wildman–Crippen MR) is 176 cm³/mol. The number of unbranched alkanes of at least 4 members (excludes halogenated alkanes) is 1. The van der Waals surface area contributed by atoms with E-state index in [9.17, 15) is 9.90 Å². The van der Waals surface area contributed by atoms with Crippen molar-refractivity contribution in [2.75, 3.05) is 16.8 Å². The Morgan fingerprint density at radius 3 is 1.93 bits per heavy atom. The number of nitrogens with zero attached hydrogens (tertiary/aromatic N) is 1. The van der Waals surface area contributed by atoms with Crippen molar-refractivity contribution >= 4 is 23.0 Å². The van der Waals surface area contributed by atoms with E-state index in [4.69, 9.17) is 0 Å². The minimum absolute atomic E-state index is 0.145. The summed E-state index contributed by atoms with van der Waals surface area (Å²) in [6.45, 7) is 18.0. The summed E-state index contributed by atoms with van der Waals surface area (Å²) in [6.07, 6.45) is 5.59. The number of amides is 1. The van der Waals surface area contributed by atoms with E-state index in [2.05, 4.69) is 97.1 Å². The lowest BCUT2D eigenvalue weighted by Crippen LogP contribution is -2.35. The zero-order valence-electron chi connectivity index (χ0n) is 26.7. The average Bonchev–Trinajstić information content (AvgIpc) is 2.92. The number of anilines is 3. The van der Waals surface area contributed by atoms with E-state index >= 15 is 0 Å². The van der Waals surface area contributed by atoms with Crippen molar-refractivity contribution in [2.45, 2.75) is 105 Å². The molecule has 3 aromatic carbocycles. The van der Waals surface area contributed by atoms with E-state index in [1.807, 2.05) is 35.2 Å². The van der Waals surface area contributed by atoms with Gasteiger partial charge in [-0.15, -0.1) is 0 Å². The Balaban J connectivity index is 1.86. The number of rotatable bonds is 12. The molecular formula is C37H52N2O2. The van der Waals surface area contributed by atoms with Gasteiger partial charge in [0.2, 0.25) is 5.91 Å². The largest absolute Gasteiger partial charge is 0.507 e. The summed E-state index contributed by atoms with van der Waals surface area (Å²) in [7, 11) is 0. The summed E-state index contributed by atoms with van der Waals surface area (Å²) < 4.78 is 0. The zero-order valence-corrected chi connectivity index (χ0v) is 26.7. The second kappa shape index (κ2) is 14.1. The van der Waals surface area contributed by atoms with Crippen LogP contribution in [0.2, 0.25) is 0 Å². The topological polar surface area (TPSA) is 52.6 Å². The summed E-state index contributed by atoms with van der Waals surface area (Å²) in [5.74, 6) is 0.994. The fraction of sp³-hybridized carbons (Fsp3) is 0.486. The van der Waals surface area contributed by atoms with E-state index in [-0.39, 0.29) is 16.7 Å². The molecule has 0 aliphatic carbocycles. The zero-order chi connectivity index (χ0) is 30.2. The molecule has 0 aromatic heterocycles. The molecule has 0 aliphatic rings. The maximum Gasteiger partial charge on any atom is 0.227 e. The Labute approximate surface area is 249 Å². The Morgan fingerprint density at radius 1 is 0.854 bits per heavy atom. The van der Waals surface area contributed by atoms with Gasteiger partial charge in [-0.2, -0.15) is 0 Å². The molecule has 3 rings (SSSR count). The van der Waals surface area contributed by atoms with Gasteiger partial charge in [-0.3, -0.25) is 4.79 Å². The van der Waals surface area contributed by atoms with Gasteiger partial charge in [0, 0.05) is 30.0 Å². The normalized spacial score (nSPS) is 12.7. The summed E-state index contributed by atoms with van der Waals surface area (Å²) in [6, 6.07) is 22.6. The quantitative estimate of drug-likeness (QED) is 0.233. The van der Waals surface area contributed by atoms with Crippen molar-refractivity contribution in [1.82, 2.24) is 0 Å². The van der Waals surface area contributed by atoms with Gasteiger partial charge in [0.25, 0.3) is 0 Å². The number of nitrogens with one attached hydrogen (secondary N) is 1. The fourth-order valence-electron chi connectivity index (χ4n) is 5.31. The number of phenols is 1. The molecule has 4 nitrogen and oxygen atoms in total. The highest BCUT2D eigenvalue weighted by Crippen LogP contribution is 2.40. The van der Waals surface area contributed by atoms with E-state index in [1.165, 1.54) is 6.42 Å². The summed E-state index contributed by atoms with van der Waals surface area (Å²) in [5.41, 5.74) is 5.58. The number of carbonyl (C=O) groups excluding carboxylic acids is 1. The van der Waals surface area contributed by atoms with Crippen LogP contribution >= 0.6 is 0 Å². The predicted octanol–water partition coefficient (Wildman–Crippen LogP) is 9.91. The van der Waals surface area contributed by atoms with Crippen molar-refractivity contribution in [3.8, 4) is 5.75 Å². The molecule has 0 bridgehead atoms. The molecule has 2 N–H and O–H groups in total. The molecule has 3 aromatic rings. The Hall–Kier alpha value is -3.27. The smallest absolute Gasteiger partial charge is 0.227 e. The van der Waals surface area contributed by atoms with Crippen LogP contribution in [0.5, 0.6) is 5.75 Å². The number of para-hydroxylation sites is 1. The number of phenolic OH excluding ortho intramolecular Hbond substituents is 1. The van der Waals surface area contributed by atoms with Crippen molar-refractivity contribution in [3.05, 3.63) is 83.4 Å². The van der Waals surface area contributed by atoms with Crippen molar-refractivity contribution in [2.24, 2.45) is 5.92 Å². The number of hydrogen-bond acceptors (Lipinski definition) is 3. The lowest BCUT2D eigenvalue weighted by Gasteiger charge is -2.29. The van der Waals surface area contributed by atoms with Crippen LogP contribution in [-0.2, 0) is 22.0 Å². The van der Waals surface area contributed by atoms with Gasteiger partial charge in [-0.05, 0) is 82.7 Å². The summed E-state index contributed by atoms with van der Waals surface area (Å²) in [4.78, 5) is 15.9. The number of benzene rings is 3. The molecular weight excluding hydrogens is 504 g/mol. The van der Waals surface area contributed by atoms with E-state index < -0.39 is 0 Å². The molecule has 0 heterocycles. The van der Waals surface area contributed by atoms with E-state index in [0.717, 1.165) is 59.6 Å². The first-order chi connectivity index (χ1) is 19.3. The molecule has 4 heteroatoms. The first-order valence-electron chi connectivity index (χ1n) is 15.4. The maximum absolute atomic E-state index is 13.9. The van der Waals surface area contributed by atoms with Gasteiger partial charge in [0.05, 0.1) is 0 Å². The molecule has 0 saturated heterocycles. The second-order valence-electron chi connectivity index (χ2n) is 13.5. The lowest BCUT2D eigenvalue weighted by atomic mass is 9.78. The third-order valence-corrected chi connectivity index (χ3v) is 7.94. The number of carbonyl (C=O) groups is 1. The number of hydrogen-bond donors (Lipinski definition) is 2. The van der Waals surface area contributed by atoms with Crippen LogP contribution < -0.4 is 10.2 Å². The van der Waals surface area contributed by atoms with Crippen LogP contribution in [0, 0.1) is 5.92 Å². The van der Waals surface area contributed by atoms with Gasteiger partial charge >= 0.3 is 0 Å². The van der Waals surface area contributed by atoms with Crippen LogP contribution in [0.15, 0.2) is 66.7 Å². The first-order valence-corrected chi connectivity index (χ1v) is 15.4. The van der Waals surface area contributed by atoms with Gasteiger partial charge in [0.15, 0.2) is 0 Å². The molecule has 0 radical (unpaired) electrons. The monoisotopic (exact) mass is 556 g/mol. The lowest BCUT2D eigenvalue weighted by molar-refractivity contribution is -0.118. The molecule has 1 atom stereocenters. The van der Waals surface area contributed by atoms with Gasteiger partial charge in [-0.25, -0.2) is 0 Å². The Morgan fingerprint density at radius 2 is 1.41 bits per heavy atom. The summed E-state index contributed by atoms with van der Waals surface area (Å²) >= 11 is 0. The van der Waals surface area contributed by atoms with Crippen molar-refractivity contribution in [3.63, 3.8) is 0 Å². The molecule has 222 valence electrons. The van der Waals surface area contributed by atoms with Crippen LogP contribution in [0.25, 0.3) is 0 Å². The minimum atomic E-state index is -0.195. The average molecular weight is 557 g/mol. The van der Waals surface area contributed by atoms with Crippen LogP contribution in [0.3, 0.4) is 0 Å². The molecule has 0 saturated carbocycles. The highest BCUT2D eigenvalue weighted by molar-refractivity contribution is 5.93. The molecule has 0 aliphatic heterocycles.